The van der Waals surface area contributed by atoms with Crippen LogP contribution in [0.5, 0.6) is 0 Å². The van der Waals surface area contributed by atoms with Gasteiger partial charge in [0.25, 0.3) is 0 Å². The average Bonchev–Trinajstić information content (AvgIpc) is 2.80. The summed E-state index contributed by atoms with van der Waals surface area (Å²) in [5.74, 6) is 0.600. The van der Waals surface area contributed by atoms with Crippen molar-refractivity contribution in [2.75, 3.05) is 11.1 Å². The van der Waals surface area contributed by atoms with E-state index in [1.807, 2.05) is 6.92 Å². The summed E-state index contributed by atoms with van der Waals surface area (Å²) in [6.45, 7) is 1.81. The Morgan fingerprint density at radius 2 is 2.35 bits per heavy atom. The van der Waals surface area contributed by atoms with E-state index in [4.69, 9.17) is 11.6 Å². The Balaban J connectivity index is 1.79. The van der Waals surface area contributed by atoms with Crippen LogP contribution in [0.15, 0.2) is 23.4 Å². The lowest BCUT2D eigenvalue weighted by Gasteiger charge is -2.05. The van der Waals surface area contributed by atoms with Crippen LogP contribution >= 0.6 is 23.4 Å². The van der Waals surface area contributed by atoms with Gasteiger partial charge in [0.05, 0.1) is 5.02 Å². The van der Waals surface area contributed by atoms with E-state index in [2.05, 4.69) is 20.5 Å². The van der Waals surface area contributed by atoms with E-state index in [0.717, 1.165) is 5.82 Å². The van der Waals surface area contributed by atoms with Crippen LogP contribution in [0.3, 0.4) is 0 Å². The van der Waals surface area contributed by atoms with Crippen LogP contribution in [-0.2, 0) is 4.79 Å². The summed E-state index contributed by atoms with van der Waals surface area (Å²) in [5.41, 5.74) is 0.472. The Morgan fingerprint density at radius 3 is 3.00 bits per heavy atom. The minimum absolute atomic E-state index is 0.0200. The number of thioether (sulfide) groups is 1. The number of rotatable bonds is 5. The molecule has 0 saturated carbocycles. The lowest BCUT2D eigenvalue weighted by atomic mass is 10.3. The smallest absolute Gasteiger partial charge is 0.225 e. The minimum atomic E-state index is -0.514. The van der Waals surface area contributed by atoms with Crippen LogP contribution in [0.1, 0.15) is 12.2 Å². The summed E-state index contributed by atoms with van der Waals surface area (Å²) in [6, 6.07) is 4.05. The van der Waals surface area contributed by atoms with Crippen LogP contribution in [0.2, 0.25) is 5.02 Å². The van der Waals surface area contributed by atoms with E-state index in [1.54, 1.807) is 0 Å². The first-order valence-electron chi connectivity index (χ1n) is 5.81. The van der Waals surface area contributed by atoms with E-state index in [0.29, 0.717) is 23.0 Å². The molecule has 2 rings (SSSR count). The predicted molar refractivity (Wildman–Crippen MR) is 76.5 cm³/mol. The number of aromatic amines is 1. The molecule has 0 fully saturated rings. The number of carbonyl (C=O) groups excluding carboxylic acids is 1. The highest BCUT2D eigenvalue weighted by Gasteiger charge is 2.07. The number of aryl methyl sites for hydroxylation is 1. The highest BCUT2D eigenvalue weighted by atomic mass is 35.5. The summed E-state index contributed by atoms with van der Waals surface area (Å²) < 4.78 is 13.0. The molecule has 106 valence electrons. The van der Waals surface area contributed by atoms with Crippen molar-refractivity contribution < 1.29 is 9.18 Å². The van der Waals surface area contributed by atoms with E-state index in [9.17, 15) is 9.18 Å². The molecule has 0 atom stereocenters. The van der Waals surface area contributed by atoms with Gasteiger partial charge in [0.1, 0.15) is 11.6 Å². The lowest BCUT2D eigenvalue weighted by molar-refractivity contribution is -0.115. The van der Waals surface area contributed by atoms with Gasteiger partial charge in [-0.15, -0.1) is 5.10 Å². The predicted octanol–water partition coefficient (Wildman–Crippen LogP) is 3.03. The van der Waals surface area contributed by atoms with Crippen LogP contribution in [-0.4, -0.2) is 26.8 Å². The van der Waals surface area contributed by atoms with Gasteiger partial charge in [0, 0.05) is 17.9 Å². The number of nitrogens with zero attached hydrogens (tertiary/aromatic N) is 2. The van der Waals surface area contributed by atoms with Crippen LogP contribution < -0.4 is 5.32 Å². The maximum absolute atomic E-state index is 13.0. The van der Waals surface area contributed by atoms with E-state index in [1.165, 1.54) is 30.0 Å². The van der Waals surface area contributed by atoms with Gasteiger partial charge in [-0.2, -0.15) is 0 Å². The fourth-order valence-electron chi connectivity index (χ4n) is 1.42. The number of hydrogen-bond acceptors (Lipinski definition) is 4. The van der Waals surface area contributed by atoms with Crippen molar-refractivity contribution in [3.63, 3.8) is 0 Å². The monoisotopic (exact) mass is 314 g/mol. The molecule has 5 nitrogen and oxygen atoms in total. The van der Waals surface area contributed by atoms with Gasteiger partial charge in [0.15, 0.2) is 0 Å². The van der Waals surface area contributed by atoms with Crippen LogP contribution in [0.25, 0.3) is 0 Å². The van der Waals surface area contributed by atoms with Gasteiger partial charge in [-0.1, -0.05) is 23.4 Å². The minimum Gasteiger partial charge on any atom is -0.326 e. The van der Waals surface area contributed by atoms with E-state index < -0.39 is 5.82 Å². The van der Waals surface area contributed by atoms with Gasteiger partial charge in [-0.3, -0.25) is 9.89 Å². The Kier molecular flexibility index (Phi) is 4.97. The second-order valence-electron chi connectivity index (χ2n) is 3.98. The molecule has 0 aliphatic carbocycles. The van der Waals surface area contributed by atoms with Crippen LogP contribution in [0.4, 0.5) is 10.1 Å². The Bertz CT molecular complexity index is 619. The molecule has 8 heteroatoms. The first-order valence-corrected chi connectivity index (χ1v) is 7.17. The summed E-state index contributed by atoms with van der Waals surface area (Å²) >= 11 is 7.02. The number of anilines is 1. The SMILES string of the molecule is Cc1nc(SCCC(=O)Nc2ccc(F)c(Cl)c2)n[nH]1. The Labute approximate surface area is 124 Å². The van der Waals surface area contributed by atoms with E-state index in [-0.39, 0.29) is 10.9 Å². The molecule has 1 amide bonds. The molecule has 0 aliphatic heterocycles. The fourth-order valence-corrected chi connectivity index (χ4v) is 2.38. The first kappa shape index (κ1) is 14.8. The molecule has 0 bridgehead atoms. The van der Waals surface area contributed by atoms with E-state index >= 15 is 0 Å². The van der Waals surface area contributed by atoms with Gasteiger partial charge >= 0.3 is 0 Å². The largest absolute Gasteiger partial charge is 0.326 e. The summed E-state index contributed by atoms with van der Waals surface area (Å²) in [7, 11) is 0. The van der Waals surface area contributed by atoms with Crippen molar-refractivity contribution in [1.29, 1.82) is 0 Å². The number of carbonyl (C=O) groups is 1. The standard InChI is InChI=1S/C12H12ClFN4OS/c1-7-15-12(18-17-7)20-5-4-11(19)16-8-2-3-10(14)9(13)6-8/h2-3,6H,4-5H2,1H3,(H,16,19)(H,15,17,18). The number of aromatic nitrogens is 3. The van der Waals surface area contributed by atoms with Crippen LogP contribution in [0, 0.1) is 12.7 Å². The molecule has 1 heterocycles. The summed E-state index contributed by atoms with van der Waals surface area (Å²) in [5, 5.41) is 9.92. The van der Waals surface area contributed by atoms with Crippen molar-refractivity contribution in [1.82, 2.24) is 15.2 Å². The quantitative estimate of drug-likeness (QED) is 0.832. The lowest BCUT2D eigenvalue weighted by Crippen LogP contribution is -2.12. The molecule has 20 heavy (non-hydrogen) atoms. The Morgan fingerprint density at radius 1 is 1.55 bits per heavy atom. The summed E-state index contributed by atoms with van der Waals surface area (Å²) in [4.78, 5) is 15.8. The van der Waals surface area contributed by atoms with Gasteiger partial charge in [-0.25, -0.2) is 9.37 Å². The molecular formula is C12H12ClFN4OS. The molecule has 2 aromatic rings. The maximum atomic E-state index is 13.0. The van der Waals surface area contributed by atoms with Gasteiger partial charge < -0.3 is 5.32 Å². The molecular weight excluding hydrogens is 303 g/mol. The third-order valence-electron chi connectivity index (χ3n) is 2.34. The first-order chi connectivity index (χ1) is 9.54. The van der Waals surface area contributed by atoms with Gasteiger partial charge in [0.2, 0.25) is 11.1 Å². The second-order valence-corrected chi connectivity index (χ2v) is 5.45. The van der Waals surface area contributed by atoms with Crippen molar-refractivity contribution in [2.24, 2.45) is 0 Å². The zero-order chi connectivity index (χ0) is 14.5. The molecule has 0 radical (unpaired) electrons. The summed E-state index contributed by atoms with van der Waals surface area (Å²) in [6.07, 6.45) is 0.299. The number of benzene rings is 1. The topological polar surface area (TPSA) is 70.7 Å². The molecule has 0 aliphatic rings. The average molecular weight is 315 g/mol. The highest BCUT2D eigenvalue weighted by molar-refractivity contribution is 7.99. The number of halogens is 2. The molecule has 0 spiro atoms. The normalized spacial score (nSPS) is 10.6. The molecule has 2 N–H and O–H groups in total. The van der Waals surface area contributed by atoms with Crippen molar-refractivity contribution in [2.45, 2.75) is 18.5 Å². The Hall–Kier alpha value is -1.60. The second kappa shape index (κ2) is 6.71. The highest BCUT2D eigenvalue weighted by Crippen LogP contribution is 2.20. The zero-order valence-electron chi connectivity index (χ0n) is 10.6. The zero-order valence-corrected chi connectivity index (χ0v) is 12.2. The van der Waals surface area contributed by atoms with Gasteiger partial charge in [-0.05, 0) is 25.1 Å². The maximum Gasteiger partial charge on any atom is 0.225 e. The molecule has 1 aromatic carbocycles. The van der Waals surface area contributed by atoms with Crippen molar-refractivity contribution in [3.8, 4) is 0 Å². The number of hydrogen-bond donors (Lipinski definition) is 2. The molecule has 0 saturated heterocycles. The number of amides is 1. The molecule has 1 aromatic heterocycles. The third-order valence-corrected chi connectivity index (χ3v) is 3.48. The fraction of sp³-hybridized carbons (Fsp3) is 0.250. The third kappa shape index (κ3) is 4.21. The number of nitrogens with one attached hydrogen (secondary N) is 2. The number of H-pyrrole nitrogens is 1. The van der Waals surface area contributed by atoms with Crippen molar-refractivity contribution >= 4 is 35.0 Å². The van der Waals surface area contributed by atoms with Crippen molar-refractivity contribution in [3.05, 3.63) is 34.9 Å². The molecule has 0 unspecified atom stereocenters.